The van der Waals surface area contributed by atoms with E-state index in [-0.39, 0.29) is 11.7 Å². The summed E-state index contributed by atoms with van der Waals surface area (Å²) in [4.78, 5) is 17.5. The second-order valence-corrected chi connectivity index (χ2v) is 5.16. The van der Waals surface area contributed by atoms with Crippen LogP contribution in [-0.2, 0) is 6.54 Å². The molecule has 0 aliphatic carbocycles. The molecule has 0 bridgehead atoms. The van der Waals surface area contributed by atoms with Gasteiger partial charge in [0.2, 0.25) is 0 Å². The van der Waals surface area contributed by atoms with Crippen LogP contribution in [0.3, 0.4) is 0 Å². The molecule has 0 fully saturated rings. The van der Waals surface area contributed by atoms with Gasteiger partial charge in [-0.1, -0.05) is 29.3 Å². The first-order chi connectivity index (χ1) is 9.47. The van der Waals surface area contributed by atoms with Crippen LogP contribution in [0.5, 0.6) is 5.75 Å². The van der Waals surface area contributed by atoms with E-state index >= 15 is 0 Å². The van der Waals surface area contributed by atoms with Gasteiger partial charge in [-0.25, -0.2) is 0 Å². The molecule has 0 aliphatic rings. The van der Waals surface area contributed by atoms with Gasteiger partial charge >= 0.3 is 0 Å². The van der Waals surface area contributed by atoms with Crippen molar-refractivity contribution in [3.05, 3.63) is 57.8 Å². The largest absolute Gasteiger partial charge is 0.506 e. The Morgan fingerprint density at radius 3 is 2.65 bits per heavy atom. The molecule has 6 heteroatoms. The fourth-order valence-corrected chi connectivity index (χ4v) is 2.07. The predicted molar refractivity (Wildman–Crippen MR) is 78.2 cm³/mol. The second-order valence-electron chi connectivity index (χ2n) is 4.34. The van der Waals surface area contributed by atoms with Crippen LogP contribution >= 0.6 is 23.2 Å². The first-order valence-electron chi connectivity index (χ1n) is 5.81. The number of halogens is 2. The number of hydrogen-bond acceptors (Lipinski definition) is 3. The maximum absolute atomic E-state index is 12.2. The number of pyridine rings is 1. The lowest BCUT2D eigenvalue weighted by Gasteiger charge is -2.17. The van der Waals surface area contributed by atoms with Crippen molar-refractivity contribution in [2.75, 3.05) is 7.05 Å². The summed E-state index contributed by atoms with van der Waals surface area (Å²) in [5, 5.41) is 10.3. The Balaban J connectivity index is 2.13. The SMILES string of the molecule is CN(Cc1ccc(Cl)c(Cl)c1)C(=O)c1cncc(O)c1. The van der Waals surface area contributed by atoms with Gasteiger partial charge in [0.1, 0.15) is 5.75 Å². The third kappa shape index (κ3) is 3.40. The zero-order valence-corrected chi connectivity index (χ0v) is 12.2. The van der Waals surface area contributed by atoms with Gasteiger partial charge in [0.05, 0.1) is 21.8 Å². The molecule has 0 aliphatic heterocycles. The number of aromatic hydroxyl groups is 1. The predicted octanol–water partition coefficient (Wildman–Crippen LogP) is 3.37. The summed E-state index contributed by atoms with van der Waals surface area (Å²) < 4.78 is 0. The molecule has 0 saturated carbocycles. The molecule has 0 radical (unpaired) electrons. The van der Waals surface area contributed by atoms with Crippen molar-refractivity contribution in [1.82, 2.24) is 9.88 Å². The zero-order chi connectivity index (χ0) is 14.7. The van der Waals surface area contributed by atoms with Crippen molar-refractivity contribution < 1.29 is 9.90 Å². The van der Waals surface area contributed by atoms with Crippen LogP contribution in [-0.4, -0.2) is 27.9 Å². The average Bonchev–Trinajstić information content (AvgIpc) is 2.42. The molecule has 0 unspecified atom stereocenters. The van der Waals surface area contributed by atoms with Crippen molar-refractivity contribution in [3.63, 3.8) is 0 Å². The number of aromatic nitrogens is 1. The molecule has 2 aromatic rings. The molecule has 0 atom stereocenters. The number of carbonyl (C=O) groups is 1. The van der Waals surface area contributed by atoms with E-state index in [0.29, 0.717) is 22.2 Å². The topological polar surface area (TPSA) is 53.4 Å². The van der Waals surface area contributed by atoms with Gasteiger partial charge in [-0.15, -0.1) is 0 Å². The van der Waals surface area contributed by atoms with Crippen LogP contribution in [0.25, 0.3) is 0 Å². The van der Waals surface area contributed by atoms with Gasteiger partial charge in [-0.3, -0.25) is 9.78 Å². The Hall–Kier alpha value is -1.78. The summed E-state index contributed by atoms with van der Waals surface area (Å²) in [6, 6.07) is 6.58. The van der Waals surface area contributed by atoms with Crippen LogP contribution in [0, 0.1) is 0 Å². The molecule has 104 valence electrons. The van der Waals surface area contributed by atoms with E-state index in [1.807, 2.05) is 0 Å². The van der Waals surface area contributed by atoms with Crippen molar-refractivity contribution in [1.29, 1.82) is 0 Å². The van der Waals surface area contributed by atoms with Gasteiger partial charge in [-0.05, 0) is 23.8 Å². The first-order valence-corrected chi connectivity index (χ1v) is 6.56. The minimum absolute atomic E-state index is 0.0428. The van der Waals surface area contributed by atoms with Gasteiger partial charge in [0.15, 0.2) is 0 Å². The standard InChI is InChI=1S/C14H12Cl2N2O2/c1-18(8-9-2-3-12(15)13(16)4-9)14(20)10-5-11(19)7-17-6-10/h2-7,19H,8H2,1H3. The van der Waals surface area contributed by atoms with Gasteiger partial charge < -0.3 is 10.0 Å². The Morgan fingerprint density at radius 2 is 2.00 bits per heavy atom. The number of amides is 1. The molecule has 1 N–H and O–H groups in total. The van der Waals surface area contributed by atoms with E-state index in [4.69, 9.17) is 23.2 Å². The third-order valence-corrected chi connectivity index (χ3v) is 3.46. The van der Waals surface area contributed by atoms with E-state index in [1.54, 1.807) is 25.2 Å². The number of nitrogens with zero attached hydrogens (tertiary/aromatic N) is 2. The van der Waals surface area contributed by atoms with Gasteiger partial charge in [-0.2, -0.15) is 0 Å². The van der Waals surface area contributed by atoms with Crippen molar-refractivity contribution in [2.24, 2.45) is 0 Å². The fourth-order valence-electron chi connectivity index (χ4n) is 1.75. The maximum atomic E-state index is 12.2. The van der Waals surface area contributed by atoms with Crippen molar-refractivity contribution in [3.8, 4) is 5.75 Å². The van der Waals surface area contributed by atoms with Crippen LogP contribution in [0.4, 0.5) is 0 Å². The summed E-state index contributed by atoms with van der Waals surface area (Å²) in [5.41, 5.74) is 1.19. The lowest BCUT2D eigenvalue weighted by molar-refractivity contribution is 0.0784. The zero-order valence-electron chi connectivity index (χ0n) is 10.7. The van der Waals surface area contributed by atoms with Crippen LogP contribution in [0.15, 0.2) is 36.7 Å². The summed E-state index contributed by atoms with van der Waals surface area (Å²) in [7, 11) is 1.66. The number of benzene rings is 1. The molecule has 4 nitrogen and oxygen atoms in total. The van der Waals surface area contributed by atoms with Crippen molar-refractivity contribution in [2.45, 2.75) is 6.54 Å². The van der Waals surface area contributed by atoms with Crippen molar-refractivity contribution >= 4 is 29.1 Å². The fraction of sp³-hybridized carbons (Fsp3) is 0.143. The Kier molecular flexibility index (Phi) is 4.47. The quantitative estimate of drug-likeness (QED) is 0.945. The summed E-state index contributed by atoms with van der Waals surface area (Å²) in [6.07, 6.45) is 2.68. The number of rotatable bonds is 3. The van der Waals surface area contributed by atoms with E-state index in [1.165, 1.54) is 23.4 Å². The number of hydrogen-bond donors (Lipinski definition) is 1. The van der Waals surface area contributed by atoms with Crippen LogP contribution in [0.2, 0.25) is 10.0 Å². The highest BCUT2D eigenvalue weighted by Crippen LogP contribution is 2.23. The van der Waals surface area contributed by atoms with Gasteiger partial charge in [0, 0.05) is 19.8 Å². The molecule has 1 aromatic heterocycles. The molecule has 1 heterocycles. The second kappa shape index (κ2) is 6.11. The molecule has 20 heavy (non-hydrogen) atoms. The smallest absolute Gasteiger partial charge is 0.255 e. The molecular formula is C14H12Cl2N2O2. The van der Waals surface area contributed by atoms with E-state index in [9.17, 15) is 9.90 Å². The molecular weight excluding hydrogens is 299 g/mol. The molecule has 0 saturated heterocycles. The number of carbonyl (C=O) groups excluding carboxylic acids is 1. The van der Waals surface area contributed by atoms with Crippen LogP contribution < -0.4 is 0 Å². The molecule has 1 amide bonds. The molecule has 2 rings (SSSR count). The molecule has 1 aromatic carbocycles. The Bertz CT molecular complexity index is 647. The van der Waals surface area contributed by atoms with Crippen LogP contribution in [0.1, 0.15) is 15.9 Å². The lowest BCUT2D eigenvalue weighted by Crippen LogP contribution is -2.26. The Labute approximate surface area is 126 Å². The minimum atomic E-state index is -0.237. The highest BCUT2D eigenvalue weighted by atomic mass is 35.5. The summed E-state index contributed by atoms with van der Waals surface area (Å²) in [5.74, 6) is -0.279. The monoisotopic (exact) mass is 310 g/mol. The van der Waals surface area contributed by atoms with E-state index < -0.39 is 0 Å². The summed E-state index contributed by atoms with van der Waals surface area (Å²) in [6.45, 7) is 0.380. The third-order valence-electron chi connectivity index (χ3n) is 2.72. The van der Waals surface area contributed by atoms with E-state index in [2.05, 4.69) is 4.98 Å². The minimum Gasteiger partial charge on any atom is -0.506 e. The molecule has 0 spiro atoms. The summed E-state index contributed by atoms with van der Waals surface area (Å²) >= 11 is 11.8. The van der Waals surface area contributed by atoms with Gasteiger partial charge in [0.25, 0.3) is 5.91 Å². The lowest BCUT2D eigenvalue weighted by atomic mass is 10.2. The highest BCUT2D eigenvalue weighted by molar-refractivity contribution is 6.42. The first kappa shape index (κ1) is 14.6. The van der Waals surface area contributed by atoms with E-state index in [0.717, 1.165) is 5.56 Å². The normalized spacial score (nSPS) is 10.3. The Morgan fingerprint density at radius 1 is 1.25 bits per heavy atom. The maximum Gasteiger partial charge on any atom is 0.255 e. The average molecular weight is 311 g/mol. The highest BCUT2D eigenvalue weighted by Gasteiger charge is 2.13.